The van der Waals surface area contributed by atoms with Crippen LogP contribution in [0.4, 0.5) is 0 Å². The van der Waals surface area contributed by atoms with Crippen molar-refractivity contribution < 1.29 is 19.1 Å². The van der Waals surface area contributed by atoms with Crippen molar-refractivity contribution in [3.8, 4) is 0 Å². The number of hydrogen-bond acceptors (Lipinski definition) is 4. The van der Waals surface area contributed by atoms with Crippen molar-refractivity contribution in [3.05, 3.63) is 59.7 Å². The van der Waals surface area contributed by atoms with Gasteiger partial charge in [0.2, 0.25) is 0 Å². The van der Waals surface area contributed by atoms with Gasteiger partial charge in [-0.2, -0.15) is 0 Å². The lowest BCUT2D eigenvalue weighted by Crippen LogP contribution is -2.12. The van der Waals surface area contributed by atoms with Gasteiger partial charge in [-0.05, 0) is 61.8 Å². The molecule has 0 amide bonds. The average molecular weight is 383 g/mol. The average Bonchev–Trinajstić information content (AvgIpc) is 3.53. The van der Waals surface area contributed by atoms with Gasteiger partial charge in [0.25, 0.3) is 0 Å². The summed E-state index contributed by atoms with van der Waals surface area (Å²) in [4.78, 5) is 24.5. The molecule has 0 heterocycles. The maximum absolute atomic E-state index is 12.2. The molecule has 0 bridgehead atoms. The van der Waals surface area contributed by atoms with E-state index in [2.05, 4.69) is 27.0 Å². The molecule has 3 rings (SSSR count). The van der Waals surface area contributed by atoms with E-state index in [1.54, 1.807) is 24.3 Å². The lowest BCUT2D eigenvalue weighted by atomic mass is 9.99. The standard InChI is InChI=1S/C24H30O4/c1-15(2)23(5)11-19(23)13-27-21(25)17-7-9-18(10-8-17)22(26)28-14-20-12-24(20,6)16(3)4/h7-10,19-20H,1,3,11-14H2,2,4-6H3. The van der Waals surface area contributed by atoms with Gasteiger partial charge < -0.3 is 9.47 Å². The Hall–Kier alpha value is -2.36. The van der Waals surface area contributed by atoms with Gasteiger partial charge in [0.05, 0.1) is 24.3 Å². The number of allylic oxidation sites excluding steroid dienone is 2. The van der Waals surface area contributed by atoms with E-state index in [1.165, 1.54) is 0 Å². The van der Waals surface area contributed by atoms with Crippen molar-refractivity contribution in [2.45, 2.75) is 40.5 Å². The van der Waals surface area contributed by atoms with Gasteiger partial charge in [-0.1, -0.05) is 38.2 Å². The van der Waals surface area contributed by atoms with Gasteiger partial charge >= 0.3 is 11.9 Å². The van der Waals surface area contributed by atoms with E-state index in [0.29, 0.717) is 36.2 Å². The SMILES string of the molecule is C=C(C)C1(C)CC1COC(=O)c1ccc(C(=O)OCC2CC2(C)C(=C)C)cc1. The van der Waals surface area contributed by atoms with Crippen molar-refractivity contribution in [3.63, 3.8) is 0 Å². The Balaban J connectivity index is 1.47. The summed E-state index contributed by atoms with van der Waals surface area (Å²) in [5.74, 6) is -0.0526. The number of ether oxygens (including phenoxy) is 2. The molecule has 0 saturated heterocycles. The Morgan fingerprint density at radius 3 is 1.43 bits per heavy atom. The number of benzene rings is 1. The Bertz CT molecular complexity index is 753. The topological polar surface area (TPSA) is 52.6 Å². The normalized spacial score (nSPS) is 30.3. The zero-order chi connectivity index (χ0) is 20.7. The molecule has 2 saturated carbocycles. The maximum Gasteiger partial charge on any atom is 0.338 e. The van der Waals surface area contributed by atoms with Gasteiger partial charge in [0.1, 0.15) is 0 Å². The molecule has 1 aromatic carbocycles. The maximum atomic E-state index is 12.2. The van der Waals surface area contributed by atoms with Crippen LogP contribution in [0.1, 0.15) is 61.3 Å². The highest BCUT2D eigenvalue weighted by molar-refractivity contribution is 5.93. The predicted octanol–water partition coefficient (Wildman–Crippen LogP) is 5.20. The van der Waals surface area contributed by atoms with E-state index in [1.807, 2.05) is 13.8 Å². The Kier molecular flexibility index (Phi) is 5.26. The van der Waals surface area contributed by atoms with Crippen molar-refractivity contribution in [2.24, 2.45) is 22.7 Å². The minimum Gasteiger partial charge on any atom is -0.462 e. The molecule has 4 heteroatoms. The minimum absolute atomic E-state index is 0.0929. The van der Waals surface area contributed by atoms with Gasteiger partial charge in [-0.15, -0.1) is 0 Å². The largest absolute Gasteiger partial charge is 0.462 e. The summed E-state index contributed by atoms with van der Waals surface area (Å²) < 4.78 is 10.9. The van der Waals surface area contributed by atoms with Gasteiger partial charge in [0, 0.05) is 11.8 Å². The second-order valence-electron chi connectivity index (χ2n) is 8.97. The summed E-state index contributed by atoms with van der Waals surface area (Å²) in [5, 5.41) is 0. The number of rotatable bonds is 8. The Morgan fingerprint density at radius 2 is 1.18 bits per heavy atom. The van der Waals surface area contributed by atoms with E-state index in [4.69, 9.17) is 9.47 Å². The molecule has 0 aliphatic heterocycles. The van der Waals surface area contributed by atoms with Crippen molar-refractivity contribution in [1.82, 2.24) is 0 Å². The van der Waals surface area contributed by atoms with E-state index in [0.717, 1.165) is 24.0 Å². The van der Waals surface area contributed by atoms with Crippen LogP contribution in [0.15, 0.2) is 48.6 Å². The summed E-state index contributed by atoms with van der Waals surface area (Å²) in [6, 6.07) is 6.44. The molecule has 1 aromatic rings. The number of hydrogen-bond donors (Lipinski definition) is 0. The monoisotopic (exact) mass is 382 g/mol. The number of esters is 2. The molecule has 0 radical (unpaired) electrons. The van der Waals surface area contributed by atoms with Crippen LogP contribution in [-0.2, 0) is 9.47 Å². The van der Waals surface area contributed by atoms with E-state index in [-0.39, 0.29) is 22.8 Å². The highest BCUT2D eigenvalue weighted by atomic mass is 16.5. The van der Waals surface area contributed by atoms with Crippen LogP contribution in [0.5, 0.6) is 0 Å². The van der Waals surface area contributed by atoms with Gasteiger partial charge in [-0.25, -0.2) is 9.59 Å². The first-order chi connectivity index (χ1) is 13.1. The Labute approximate surface area is 167 Å². The number of carbonyl (C=O) groups is 2. The first-order valence-corrected chi connectivity index (χ1v) is 9.84. The molecule has 4 atom stereocenters. The van der Waals surface area contributed by atoms with Gasteiger partial charge in [0.15, 0.2) is 0 Å². The smallest absolute Gasteiger partial charge is 0.338 e. The van der Waals surface area contributed by atoms with Crippen LogP contribution in [0.25, 0.3) is 0 Å². The lowest BCUT2D eigenvalue weighted by molar-refractivity contribution is 0.0460. The molecule has 0 spiro atoms. The summed E-state index contributed by atoms with van der Waals surface area (Å²) in [6.07, 6.45) is 2.01. The van der Waals surface area contributed by atoms with Crippen LogP contribution in [-0.4, -0.2) is 25.2 Å². The van der Waals surface area contributed by atoms with Crippen molar-refractivity contribution >= 4 is 11.9 Å². The minimum atomic E-state index is -0.369. The van der Waals surface area contributed by atoms with Crippen molar-refractivity contribution in [1.29, 1.82) is 0 Å². The molecule has 28 heavy (non-hydrogen) atoms. The molecule has 0 N–H and O–H groups in total. The third-order valence-corrected chi connectivity index (χ3v) is 6.96. The molecular weight excluding hydrogens is 352 g/mol. The quantitative estimate of drug-likeness (QED) is 0.458. The predicted molar refractivity (Wildman–Crippen MR) is 109 cm³/mol. The lowest BCUT2D eigenvalue weighted by Gasteiger charge is -2.12. The summed E-state index contributed by atoms with van der Waals surface area (Å²) in [7, 11) is 0. The van der Waals surface area contributed by atoms with Crippen LogP contribution in [0, 0.1) is 22.7 Å². The summed E-state index contributed by atoms with van der Waals surface area (Å²) in [6.45, 7) is 17.1. The van der Waals surface area contributed by atoms with Crippen molar-refractivity contribution in [2.75, 3.05) is 13.2 Å². The molecule has 2 fully saturated rings. The Morgan fingerprint density at radius 1 is 0.857 bits per heavy atom. The van der Waals surface area contributed by atoms with Crippen LogP contribution < -0.4 is 0 Å². The fourth-order valence-electron chi connectivity index (χ4n) is 3.70. The molecule has 4 nitrogen and oxygen atoms in total. The third kappa shape index (κ3) is 3.91. The second-order valence-corrected chi connectivity index (χ2v) is 8.97. The van der Waals surface area contributed by atoms with E-state index < -0.39 is 0 Å². The second kappa shape index (κ2) is 7.23. The van der Waals surface area contributed by atoms with Crippen LogP contribution in [0.3, 0.4) is 0 Å². The molecule has 0 aromatic heterocycles. The highest BCUT2D eigenvalue weighted by Crippen LogP contribution is 2.57. The van der Waals surface area contributed by atoms with Crippen LogP contribution >= 0.6 is 0 Å². The first kappa shape index (κ1) is 20.4. The highest BCUT2D eigenvalue weighted by Gasteiger charge is 2.51. The zero-order valence-corrected chi connectivity index (χ0v) is 17.3. The van der Waals surface area contributed by atoms with E-state index >= 15 is 0 Å². The zero-order valence-electron chi connectivity index (χ0n) is 17.3. The first-order valence-electron chi connectivity index (χ1n) is 9.84. The number of carbonyl (C=O) groups excluding carboxylic acids is 2. The third-order valence-electron chi connectivity index (χ3n) is 6.96. The van der Waals surface area contributed by atoms with E-state index in [9.17, 15) is 9.59 Å². The molecule has 2 aliphatic rings. The van der Waals surface area contributed by atoms with Gasteiger partial charge in [-0.3, -0.25) is 0 Å². The summed E-state index contributed by atoms with van der Waals surface area (Å²) >= 11 is 0. The summed E-state index contributed by atoms with van der Waals surface area (Å²) in [5.41, 5.74) is 3.32. The molecule has 4 unspecified atom stereocenters. The fourth-order valence-corrected chi connectivity index (χ4v) is 3.70. The molecule has 150 valence electrons. The molecule has 2 aliphatic carbocycles. The van der Waals surface area contributed by atoms with Crippen LogP contribution in [0.2, 0.25) is 0 Å². The molecular formula is C24H30O4. The fraction of sp³-hybridized carbons (Fsp3) is 0.500.